The molecule has 0 fully saturated rings. The zero-order valence-electron chi connectivity index (χ0n) is 10.4. The maximum atomic E-state index is 11.9. The Hall–Kier alpha value is -2.00. The van der Waals surface area contributed by atoms with Crippen LogP contribution in [0, 0.1) is 0 Å². The summed E-state index contributed by atoms with van der Waals surface area (Å²) in [5.74, 6) is 0.286. The monoisotopic (exact) mass is 270 g/mol. The van der Waals surface area contributed by atoms with Crippen molar-refractivity contribution in [2.75, 3.05) is 5.75 Å². The number of rotatable bonds is 5. The summed E-state index contributed by atoms with van der Waals surface area (Å²) in [4.78, 5) is 12.6. The molecule has 0 saturated heterocycles. The summed E-state index contributed by atoms with van der Waals surface area (Å²) in [5.41, 5.74) is 0.643. The fraction of sp³-hybridized carbons (Fsp3) is 0.0625. The van der Waals surface area contributed by atoms with Gasteiger partial charge in [-0.15, -0.1) is 0 Å². The Morgan fingerprint density at radius 1 is 0.947 bits per heavy atom. The van der Waals surface area contributed by atoms with Crippen LogP contribution in [-0.2, 0) is 10.8 Å². The quantitative estimate of drug-likeness (QED) is 0.617. The molecular formula is C16H14O2S. The Kier molecular flexibility index (Phi) is 4.81. The number of ketones is 1. The second-order valence-corrected chi connectivity index (χ2v) is 5.45. The van der Waals surface area contributed by atoms with E-state index in [1.807, 2.05) is 48.5 Å². The molecule has 2 aromatic carbocycles. The van der Waals surface area contributed by atoms with Crippen LogP contribution in [0.25, 0.3) is 0 Å². The summed E-state index contributed by atoms with van der Waals surface area (Å²) < 4.78 is 11.9. The minimum absolute atomic E-state index is 0.0642. The van der Waals surface area contributed by atoms with E-state index in [1.165, 1.54) is 6.08 Å². The number of hydrogen-bond acceptors (Lipinski definition) is 2. The SMILES string of the molecule is O=C(/C=C/CS(=O)c1ccccc1)c1ccccc1. The van der Waals surface area contributed by atoms with E-state index in [9.17, 15) is 9.00 Å². The molecule has 1 unspecified atom stereocenters. The minimum atomic E-state index is -1.10. The zero-order valence-corrected chi connectivity index (χ0v) is 11.2. The van der Waals surface area contributed by atoms with Gasteiger partial charge in [0, 0.05) is 16.2 Å². The van der Waals surface area contributed by atoms with E-state index < -0.39 is 10.8 Å². The molecule has 0 bridgehead atoms. The van der Waals surface area contributed by atoms with Crippen molar-refractivity contribution in [3.05, 3.63) is 78.4 Å². The average molecular weight is 270 g/mol. The van der Waals surface area contributed by atoms with Crippen LogP contribution in [0.15, 0.2) is 77.7 Å². The fourth-order valence-electron chi connectivity index (χ4n) is 1.61. The molecule has 0 spiro atoms. The number of benzene rings is 2. The van der Waals surface area contributed by atoms with Crippen molar-refractivity contribution in [1.29, 1.82) is 0 Å². The molecule has 2 aromatic rings. The van der Waals surface area contributed by atoms with Crippen LogP contribution in [0.1, 0.15) is 10.4 Å². The van der Waals surface area contributed by atoms with Crippen molar-refractivity contribution in [3.63, 3.8) is 0 Å². The largest absolute Gasteiger partial charge is 0.289 e. The van der Waals surface area contributed by atoms with Crippen LogP contribution in [0.5, 0.6) is 0 Å². The number of carbonyl (C=O) groups excluding carboxylic acids is 1. The molecule has 0 aliphatic rings. The molecule has 1 atom stereocenters. The van der Waals surface area contributed by atoms with Gasteiger partial charge in [0.15, 0.2) is 5.78 Å². The van der Waals surface area contributed by atoms with Gasteiger partial charge in [0.2, 0.25) is 0 Å². The van der Waals surface area contributed by atoms with E-state index in [2.05, 4.69) is 0 Å². The third-order valence-corrected chi connectivity index (χ3v) is 3.87. The summed E-state index contributed by atoms with van der Waals surface area (Å²) in [6.07, 6.45) is 3.15. The van der Waals surface area contributed by atoms with Crippen LogP contribution in [0.4, 0.5) is 0 Å². The molecule has 3 heteroatoms. The molecule has 2 nitrogen and oxygen atoms in total. The van der Waals surface area contributed by atoms with Gasteiger partial charge in [-0.3, -0.25) is 9.00 Å². The third kappa shape index (κ3) is 4.00. The summed E-state index contributed by atoms with van der Waals surface area (Å²) >= 11 is 0. The molecule has 0 heterocycles. The summed E-state index contributed by atoms with van der Waals surface area (Å²) in [6, 6.07) is 18.3. The molecule has 0 N–H and O–H groups in total. The second-order valence-electron chi connectivity index (χ2n) is 3.96. The van der Waals surface area contributed by atoms with E-state index in [4.69, 9.17) is 0 Å². The maximum Gasteiger partial charge on any atom is 0.185 e. The first-order valence-electron chi connectivity index (χ1n) is 5.97. The lowest BCUT2D eigenvalue weighted by Crippen LogP contribution is -1.97. The van der Waals surface area contributed by atoms with Crippen LogP contribution < -0.4 is 0 Å². The van der Waals surface area contributed by atoms with Gasteiger partial charge >= 0.3 is 0 Å². The highest BCUT2D eigenvalue weighted by atomic mass is 32.2. The Morgan fingerprint density at radius 3 is 2.16 bits per heavy atom. The van der Waals surface area contributed by atoms with Gasteiger partial charge in [0.25, 0.3) is 0 Å². The van der Waals surface area contributed by atoms with Crippen molar-refractivity contribution in [1.82, 2.24) is 0 Å². The van der Waals surface area contributed by atoms with Crippen molar-refractivity contribution < 1.29 is 9.00 Å². The van der Waals surface area contributed by atoms with Crippen molar-refractivity contribution in [2.45, 2.75) is 4.90 Å². The first kappa shape index (κ1) is 13.4. The standard InChI is InChI=1S/C16H14O2S/c17-16(14-8-3-1-4-9-14)12-7-13-19(18)15-10-5-2-6-11-15/h1-12H,13H2/b12-7+. The highest BCUT2D eigenvalue weighted by Gasteiger charge is 2.02. The Labute approximate surface area is 115 Å². The Bertz CT molecular complexity index is 589. The smallest absolute Gasteiger partial charge is 0.185 e. The highest BCUT2D eigenvalue weighted by molar-refractivity contribution is 7.85. The summed E-state index contributed by atoms with van der Waals surface area (Å²) in [7, 11) is -1.10. The molecule has 96 valence electrons. The first-order valence-corrected chi connectivity index (χ1v) is 7.28. The van der Waals surface area contributed by atoms with Crippen molar-refractivity contribution in [3.8, 4) is 0 Å². The maximum absolute atomic E-state index is 11.9. The van der Waals surface area contributed by atoms with E-state index >= 15 is 0 Å². The van der Waals surface area contributed by atoms with E-state index in [0.29, 0.717) is 11.3 Å². The number of carbonyl (C=O) groups is 1. The average Bonchev–Trinajstić information content (AvgIpc) is 2.49. The molecular weight excluding hydrogens is 256 g/mol. The number of allylic oxidation sites excluding steroid dienone is 1. The van der Waals surface area contributed by atoms with E-state index in [-0.39, 0.29) is 5.78 Å². The lowest BCUT2D eigenvalue weighted by molar-refractivity contribution is 0.104. The first-order chi connectivity index (χ1) is 9.27. The van der Waals surface area contributed by atoms with Crippen molar-refractivity contribution >= 4 is 16.6 Å². The molecule has 0 saturated carbocycles. The van der Waals surface area contributed by atoms with Gasteiger partial charge in [-0.05, 0) is 18.2 Å². The lowest BCUT2D eigenvalue weighted by Gasteiger charge is -1.98. The summed E-state index contributed by atoms with van der Waals surface area (Å²) in [5, 5.41) is 0. The normalized spacial score (nSPS) is 12.4. The second kappa shape index (κ2) is 6.81. The summed E-state index contributed by atoms with van der Waals surface area (Å²) in [6.45, 7) is 0. The van der Waals surface area contributed by atoms with Crippen LogP contribution in [0.2, 0.25) is 0 Å². The zero-order chi connectivity index (χ0) is 13.5. The number of hydrogen-bond donors (Lipinski definition) is 0. The van der Waals surface area contributed by atoms with Gasteiger partial charge in [-0.25, -0.2) is 0 Å². The van der Waals surface area contributed by atoms with Crippen LogP contribution in [0.3, 0.4) is 0 Å². The predicted octanol–water partition coefficient (Wildman–Crippen LogP) is 3.23. The molecule has 0 amide bonds. The molecule has 0 aromatic heterocycles. The lowest BCUT2D eigenvalue weighted by atomic mass is 10.1. The molecule has 19 heavy (non-hydrogen) atoms. The van der Waals surface area contributed by atoms with Crippen molar-refractivity contribution in [2.24, 2.45) is 0 Å². The van der Waals surface area contributed by atoms with Gasteiger partial charge in [-0.2, -0.15) is 0 Å². The van der Waals surface area contributed by atoms with Crippen LogP contribution in [-0.4, -0.2) is 15.7 Å². The molecule has 0 aliphatic carbocycles. The third-order valence-electron chi connectivity index (χ3n) is 2.58. The minimum Gasteiger partial charge on any atom is -0.289 e. The molecule has 2 rings (SSSR count). The Balaban J connectivity index is 1.94. The Morgan fingerprint density at radius 2 is 1.53 bits per heavy atom. The predicted molar refractivity (Wildman–Crippen MR) is 77.6 cm³/mol. The van der Waals surface area contributed by atoms with Gasteiger partial charge in [0.1, 0.15) is 0 Å². The highest BCUT2D eigenvalue weighted by Crippen LogP contribution is 2.06. The molecule has 0 aliphatic heterocycles. The van der Waals surface area contributed by atoms with E-state index in [1.54, 1.807) is 18.2 Å². The topological polar surface area (TPSA) is 34.1 Å². The van der Waals surface area contributed by atoms with Gasteiger partial charge < -0.3 is 0 Å². The van der Waals surface area contributed by atoms with Gasteiger partial charge in [0.05, 0.1) is 10.8 Å². The van der Waals surface area contributed by atoms with Gasteiger partial charge in [-0.1, -0.05) is 54.6 Å². The van der Waals surface area contributed by atoms with Crippen LogP contribution >= 0.6 is 0 Å². The van der Waals surface area contributed by atoms with E-state index in [0.717, 1.165) is 4.90 Å². The fourth-order valence-corrected chi connectivity index (χ4v) is 2.53. The molecule has 0 radical (unpaired) electrons.